The molecule has 0 spiro atoms. The third-order valence-electron chi connectivity index (χ3n) is 3.13. The van der Waals surface area contributed by atoms with Gasteiger partial charge in [-0.05, 0) is 30.9 Å². The molecule has 0 aliphatic carbocycles. The maximum absolute atomic E-state index is 13.4. The van der Waals surface area contributed by atoms with E-state index in [1.807, 2.05) is 6.07 Å². The van der Waals surface area contributed by atoms with Crippen molar-refractivity contribution in [2.45, 2.75) is 32.1 Å². The van der Waals surface area contributed by atoms with E-state index in [1.165, 1.54) is 12.5 Å². The third-order valence-corrected chi connectivity index (χ3v) is 3.13. The number of hydrogen-bond donors (Lipinski definition) is 0. The minimum Gasteiger partial charge on any atom is -0.461 e. The zero-order chi connectivity index (χ0) is 13.5. The van der Waals surface area contributed by atoms with Crippen LogP contribution in [0.3, 0.4) is 0 Å². The second-order valence-electron chi connectivity index (χ2n) is 4.47. The Kier molecular flexibility index (Phi) is 4.95. The van der Waals surface area contributed by atoms with E-state index in [1.54, 1.807) is 12.3 Å². The Morgan fingerprint density at radius 3 is 2.89 bits per heavy atom. The third kappa shape index (κ3) is 3.56. The quantitative estimate of drug-likeness (QED) is 0.681. The average Bonchev–Trinajstić information content (AvgIpc) is 2.83. The highest BCUT2D eigenvalue weighted by Crippen LogP contribution is 2.25. The Labute approximate surface area is 111 Å². The molecule has 101 valence electrons. The summed E-state index contributed by atoms with van der Waals surface area (Å²) in [5, 5.41) is 0.860. The predicted molar refractivity (Wildman–Crippen MR) is 70.0 cm³/mol. The minimum absolute atomic E-state index is 0.314. The van der Waals surface area contributed by atoms with Gasteiger partial charge in [-0.2, -0.15) is 0 Å². The standard InChI is InChI=1S/C15H16FO3/c16-14-8-5-7-13-12(10-19-15(13)14)6-3-1-2-4-9-18-11-17/h5,7-8,10H,1-4,6,9H2. The number of benzene rings is 1. The van der Waals surface area contributed by atoms with E-state index in [0.29, 0.717) is 12.2 Å². The summed E-state index contributed by atoms with van der Waals surface area (Å²) < 4.78 is 23.2. The first kappa shape index (κ1) is 13.6. The van der Waals surface area contributed by atoms with Crippen molar-refractivity contribution in [3.05, 3.63) is 35.8 Å². The lowest BCUT2D eigenvalue weighted by molar-refractivity contribution is 0.269. The highest BCUT2D eigenvalue weighted by Gasteiger charge is 2.08. The smallest absolute Gasteiger partial charge is 0.417 e. The maximum Gasteiger partial charge on any atom is 0.417 e. The van der Waals surface area contributed by atoms with Crippen molar-refractivity contribution >= 4 is 17.4 Å². The molecule has 0 amide bonds. The van der Waals surface area contributed by atoms with Crippen molar-refractivity contribution in [1.82, 2.24) is 0 Å². The Balaban J connectivity index is 1.79. The normalized spacial score (nSPS) is 10.8. The molecule has 3 nitrogen and oxygen atoms in total. The van der Waals surface area contributed by atoms with E-state index in [2.05, 4.69) is 4.74 Å². The van der Waals surface area contributed by atoms with Crippen LogP contribution in [-0.2, 0) is 16.0 Å². The minimum atomic E-state index is -0.314. The predicted octanol–water partition coefficient (Wildman–Crippen LogP) is 3.76. The lowest BCUT2D eigenvalue weighted by Gasteiger charge is -2.00. The molecule has 0 fully saturated rings. The number of rotatable bonds is 8. The fourth-order valence-corrected chi connectivity index (χ4v) is 2.15. The number of halogens is 1. The van der Waals surface area contributed by atoms with Crippen LogP contribution in [0.1, 0.15) is 31.2 Å². The number of unbranched alkanes of at least 4 members (excludes halogenated alkanes) is 3. The van der Waals surface area contributed by atoms with Gasteiger partial charge in [0.05, 0.1) is 12.9 Å². The van der Waals surface area contributed by atoms with Gasteiger partial charge in [0, 0.05) is 5.39 Å². The Hall–Kier alpha value is -1.84. The fraction of sp³-hybridized carbons (Fsp3) is 0.400. The molecule has 0 aliphatic heterocycles. The molecule has 0 saturated carbocycles. The van der Waals surface area contributed by atoms with E-state index in [0.717, 1.165) is 43.1 Å². The first-order chi connectivity index (χ1) is 9.33. The van der Waals surface area contributed by atoms with E-state index in [9.17, 15) is 9.18 Å². The molecule has 0 bridgehead atoms. The number of hydrogen-bond acceptors (Lipinski definition) is 3. The van der Waals surface area contributed by atoms with E-state index in [-0.39, 0.29) is 5.82 Å². The van der Waals surface area contributed by atoms with Crippen LogP contribution in [0.4, 0.5) is 4.39 Å². The number of ether oxygens (including phenoxy) is 1. The molecule has 2 aromatic rings. The van der Waals surface area contributed by atoms with Crippen molar-refractivity contribution < 1.29 is 18.3 Å². The van der Waals surface area contributed by atoms with Crippen LogP contribution in [0.2, 0.25) is 0 Å². The lowest BCUT2D eigenvalue weighted by atomic mass is 10.1. The van der Waals surface area contributed by atoms with Gasteiger partial charge in [0.2, 0.25) is 0 Å². The molecule has 1 radical (unpaired) electrons. The molecule has 1 aromatic carbocycles. The van der Waals surface area contributed by atoms with Crippen molar-refractivity contribution in [1.29, 1.82) is 0 Å². The molecule has 0 unspecified atom stereocenters. The summed E-state index contributed by atoms with van der Waals surface area (Å²) in [6.45, 7) is 1.84. The van der Waals surface area contributed by atoms with Crippen LogP contribution in [0.5, 0.6) is 0 Å². The molecule has 0 saturated heterocycles. The van der Waals surface area contributed by atoms with Crippen LogP contribution in [0.25, 0.3) is 11.0 Å². The van der Waals surface area contributed by atoms with Gasteiger partial charge in [-0.15, -0.1) is 0 Å². The van der Waals surface area contributed by atoms with Crippen molar-refractivity contribution in [2.24, 2.45) is 0 Å². The second-order valence-corrected chi connectivity index (χ2v) is 4.47. The summed E-state index contributed by atoms with van der Waals surface area (Å²) in [5.41, 5.74) is 1.39. The van der Waals surface area contributed by atoms with Gasteiger partial charge in [0.25, 0.3) is 0 Å². The molecule has 4 heteroatoms. The first-order valence-corrected chi connectivity index (χ1v) is 6.46. The van der Waals surface area contributed by atoms with Gasteiger partial charge in [0.15, 0.2) is 11.4 Å². The van der Waals surface area contributed by atoms with Gasteiger partial charge < -0.3 is 9.15 Å². The SMILES string of the molecule is O=[C]OCCCCCCc1coc2c(F)cccc12. The van der Waals surface area contributed by atoms with E-state index in [4.69, 9.17) is 4.42 Å². The Bertz CT molecular complexity index is 533. The molecule has 1 aromatic heterocycles. The van der Waals surface area contributed by atoms with Crippen LogP contribution < -0.4 is 0 Å². The number of furan rings is 1. The summed E-state index contributed by atoms with van der Waals surface area (Å²) in [6, 6.07) is 4.98. The Morgan fingerprint density at radius 2 is 2.05 bits per heavy atom. The topological polar surface area (TPSA) is 39.4 Å². The van der Waals surface area contributed by atoms with Gasteiger partial charge in [0.1, 0.15) is 0 Å². The first-order valence-electron chi connectivity index (χ1n) is 6.46. The lowest BCUT2D eigenvalue weighted by Crippen LogP contribution is -1.92. The zero-order valence-corrected chi connectivity index (χ0v) is 10.7. The number of fused-ring (bicyclic) bond motifs is 1. The van der Waals surface area contributed by atoms with E-state index < -0.39 is 0 Å². The number of para-hydroxylation sites is 1. The molecule has 19 heavy (non-hydrogen) atoms. The molecular formula is C15H16FO3. The zero-order valence-electron chi connectivity index (χ0n) is 10.7. The molecule has 0 N–H and O–H groups in total. The molecular weight excluding hydrogens is 247 g/mol. The Morgan fingerprint density at radius 1 is 1.21 bits per heavy atom. The number of aryl methyl sites for hydroxylation is 1. The molecule has 0 aliphatic rings. The van der Waals surface area contributed by atoms with Crippen molar-refractivity contribution in [2.75, 3.05) is 6.61 Å². The van der Waals surface area contributed by atoms with Gasteiger partial charge >= 0.3 is 6.47 Å². The van der Waals surface area contributed by atoms with Crippen LogP contribution >= 0.6 is 0 Å². The second kappa shape index (κ2) is 6.92. The van der Waals surface area contributed by atoms with Crippen molar-refractivity contribution in [3.63, 3.8) is 0 Å². The largest absolute Gasteiger partial charge is 0.461 e. The van der Waals surface area contributed by atoms with E-state index >= 15 is 0 Å². The van der Waals surface area contributed by atoms with Gasteiger partial charge in [-0.3, -0.25) is 0 Å². The van der Waals surface area contributed by atoms with Crippen LogP contribution in [-0.4, -0.2) is 13.1 Å². The van der Waals surface area contributed by atoms with Crippen LogP contribution in [0.15, 0.2) is 28.9 Å². The van der Waals surface area contributed by atoms with Gasteiger partial charge in [-0.1, -0.05) is 25.0 Å². The summed E-state index contributed by atoms with van der Waals surface area (Å²) in [4.78, 5) is 9.81. The highest BCUT2D eigenvalue weighted by molar-refractivity contribution is 5.81. The monoisotopic (exact) mass is 263 g/mol. The maximum atomic E-state index is 13.4. The van der Waals surface area contributed by atoms with Gasteiger partial charge in [-0.25, -0.2) is 9.18 Å². The summed E-state index contributed by atoms with van der Waals surface area (Å²) in [6.07, 6.45) is 6.43. The summed E-state index contributed by atoms with van der Waals surface area (Å²) in [5.74, 6) is -0.314. The summed E-state index contributed by atoms with van der Waals surface area (Å²) >= 11 is 0. The summed E-state index contributed by atoms with van der Waals surface area (Å²) in [7, 11) is 0. The number of carbonyl (C=O) groups excluding carboxylic acids is 1. The highest BCUT2D eigenvalue weighted by atomic mass is 19.1. The molecule has 1 heterocycles. The fourth-order valence-electron chi connectivity index (χ4n) is 2.15. The average molecular weight is 263 g/mol. The van der Waals surface area contributed by atoms with Crippen molar-refractivity contribution in [3.8, 4) is 0 Å². The van der Waals surface area contributed by atoms with Crippen LogP contribution in [0, 0.1) is 5.82 Å². The molecule has 2 rings (SSSR count). The molecule has 0 atom stereocenters.